The molecule has 5 nitrogen and oxygen atoms in total. The Bertz CT molecular complexity index is 885. The van der Waals surface area contributed by atoms with Crippen molar-refractivity contribution in [2.24, 2.45) is 34.5 Å². The Morgan fingerprint density at radius 2 is 1.89 bits per heavy atom. The highest BCUT2D eigenvalue weighted by Gasteiger charge is 2.67. The van der Waals surface area contributed by atoms with Crippen molar-refractivity contribution in [3.05, 3.63) is 24.0 Å². The van der Waals surface area contributed by atoms with Gasteiger partial charge in [0.25, 0.3) is 0 Å². The second kappa shape index (κ2) is 9.36. The van der Waals surface area contributed by atoms with Gasteiger partial charge < -0.3 is 20.0 Å². The van der Waals surface area contributed by atoms with Crippen LogP contribution in [0.3, 0.4) is 0 Å². The van der Waals surface area contributed by atoms with Crippen LogP contribution < -0.4 is 4.84 Å². The van der Waals surface area contributed by atoms with Crippen LogP contribution in [0.2, 0.25) is 0 Å². The third-order valence-corrected chi connectivity index (χ3v) is 11.7. The van der Waals surface area contributed by atoms with Gasteiger partial charge in [0.15, 0.2) is 0 Å². The third-order valence-electron chi connectivity index (χ3n) is 11.7. The van der Waals surface area contributed by atoms with E-state index in [1.807, 2.05) is 4.73 Å². The predicted molar refractivity (Wildman–Crippen MR) is 140 cm³/mol. The molecule has 5 heteroatoms. The minimum absolute atomic E-state index is 0.0506. The summed E-state index contributed by atoms with van der Waals surface area (Å²) in [6.07, 6.45) is 12.7. The lowest BCUT2D eigenvalue weighted by atomic mass is 9.43. The zero-order valence-electron chi connectivity index (χ0n) is 22.9. The molecule has 2 N–H and O–H groups in total. The molecular weight excluding hydrogens is 436 g/mol. The lowest BCUT2D eigenvalue weighted by Crippen LogP contribution is -2.62. The number of hydrogen-bond acceptors (Lipinski definition) is 4. The van der Waals surface area contributed by atoms with E-state index in [4.69, 9.17) is 4.84 Å². The number of nitrogens with zero attached hydrogens (tertiary/aromatic N) is 2. The topological polar surface area (TPSA) is 57.9 Å². The second-order valence-corrected chi connectivity index (χ2v) is 13.5. The van der Waals surface area contributed by atoms with Gasteiger partial charge in [-0.3, -0.25) is 0 Å². The highest BCUT2D eigenvalue weighted by Crippen LogP contribution is 2.70. The van der Waals surface area contributed by atoms with E-state index in [0.29, 0.717) is 29.6 Å². The van der Waals surface area contributed by atoms with E-state index in [1.54, 1.807) is 0 Å². The molecule has 35 heavy (non-hydrogen) atoms. The Kier molecular flexibility index (Phi) is 6.85. The van der Waals surface area contributed by atoms with Crippen molar-refractivity contribution in [2.45, 2.75) is 103 Å². The molecule has 4 saturated carbocycles. The van der Waals surface area contributed by atoms with E-state index >= 15 is 0 Å². The average molecular weight is 487 g/mol. The number of fused-ring (bicyclic) bond motifs is 5. The molecule has 0 amide bonds. The Hall–Kier alpha value is -1.04. The first-order chi connectivity index (χ1) is 16.6. The minimum Gasteiger partial charge on any atom is -0.414 e. The maximum Gasteiger partial charge on any atom is 0.116 e. The molecule has 5 rings (SSSR count). The average Bonchev–Trinajstić information content (AvgIpc) is 3.39. The highest BCUT2D eigenvalue weighted by molar-refractivity contribution is 5.22. The normalized spacial score (nSPS) is 43.9. The van der Waals surface area contributed by atoms with Crippen molar-refractivity contribution in [3.8, 4) is 0 Å². The summed E-state index contributed by atoms with van der Waals surface area (Å²) >= 11 is 0. The van der Waals surface area contributed by atoms with Crippen LogP contribution in [-0.4, -0.2) is 58.8 Å². The minimum atomic E-state index is -0.567. The molecule has 0 spiro atoms. The number of aliphatic hydroxyl groups excluding tert-OH is 1. The molecule has 0 aliphatic heterocycles. The van der Waals surface area contributed by atoms with Crippen LogP contribution in [0.1, 0.15) is 96.6 Å². The van der Waals surface area contributed by atoms with Gasteiger partial charge in [-0.2, -0.15) is 4.73 Å². The molecule has 1 aromatic heterocycles. The van der Waals surface area contributed by atoms with Gasteiger partial charge in [0.2, 0.25) is 0 Å². The Balaban J connectivity index is 1.34. The molecule has 198 valence electrons. The summed E-state index contributed by atoms with van der Waals surface area (Å²) in [5.41, 5.74) is 0.927. The molecule has 0 aromatic carbocycles. The van der Waals surface area contributed by atoms with E-state index in [1.165, 1.54) is 18.5 Å². The summed E-state index contributed by atoms with van der Waals surface area (Å²) in [5.74, 6) is 2.45. The molecule has 4 fully saturated rings. The van der Waals surface area contributed by atoms with Crippen LogP contribution in [0, 0.1) is 34.5 Å². The van der Waals surface area contributed by atoms with Crippen LogP contribution in [0.15, 0.2) is 18.3 Å². The Morgan fingerprint density at radius 3 is 2.66 bits per heavy atom. The summed E-state index contributed by atoms with van der Waals surface area (Å²) < 4.78 is 2.01. The van der Waals surface area contributed by atoms with Gasteiger partial charge in [-0.1, -0.05) is 20.8 Å². The van der Waals surface area contributed by atoms with Crippen molar-refractivity contribution < 1.29 is 15.1 Å². The fourth-order valence-electron chi connectivity index (χ4n) is 9.64. The molecule has 0 saturated heterocycles. The van der Waals surface area contributed by atoms with E-state index in [-0.39, 0.29) is 16.9 Å². The van der Waals surface area contributed by atoms with Gasteiger partial charge in [0.05, 0.1) is 17.4 Å². The van der Waals surface area contributed by atoms with Crippen LogP contribution in [0.5, 0.6) is 0 Å². The zero-order chi connectivity index (χ0) is 25.0. The largest absolute Gasteiger partial charge is 0.414 e. The molecule has 4 unspecified atom stereocenters. The molecular formula is C30H50N2O3. The summed E-state index contributed by atoms with van der Waals surface area (Å²) in [6.45, 7) is 9.03. The molecule has 4 aliphatic carbocycles. The monoisotopic (exact) mass is 486 g/mol. The summed E-state index contributed by atoms with van der Waals surface area (Å²) in [5, 5.41) is 22.9. The summed E-state index contributed by atoms with van der Waals surface area (Å²) in [4.78, 5) is 8.37. The number of aliphatic hydroxyl groups is 2. The lowest BCUT2D eigenvalue weighted by molar-refractivity contribution is -0.211. The lowest BCUT2D eigenvalue weighted by Gasteiger charge is -2.64. The van der Waals surface area contributed by atoms with Gasteiger partial charge in [-0.25, -0.2) is 0 Å². The maximum atomic E-state index is 12.5. The van der Waals surface area contributed by atoms with Crippen LogP contribution in [0.4, 0.5) is 0 Å². The second-order valence-electron chi connectivity index (χ2n) is 13.5. The molecule has 4 aliphatic rings. The fourth-order valence-corrected chi connectivity index (χ4v) is 9.64. The first-order valence-electron chi connectivity index (χ1n) is 14.5. The third kappa shape index (κ3) is 4.08. The summed E-state index contributed by atoms with van der Waals surface area (Å²) in [7, 11) is 4.20. The summed E-state index contributed by atoms with van der Waals surface area (Å²) in [6, 6.07) is 4.33. The highest BCUT2D eigenvalue weighted by atomic mass is 16.7. The van der Waals surface area contributed by atoms with E-state index in [0.717, 1.165) is 64.5 Å². The maximum absolute atomic E-state index is 12.5. The van der Waals surface area contributed by atoms with Gasteiger partial charge >= 0.3 is 0 Å². The van der Waals surface area contributed by atoms with Crippen molar-refractivity contribution in [2.75, 3.05) is 27.2 Å². The van der Waals surface area contributed by atoms with Crippen LogP contribution in [-0.2, 0) is 0 Å². The van der Waals surface area contributed by atoms with Crippen molar-refractivity contribution >= 4 is 0 Å². The smallest absolute Gasteiger partial charge is 0.116 e. The van der Waals surface area contributed by atoms with Gasteiger partial charge in [-0.05, 0) is 120 Å². The molecule has 1 heterocycles. The quantitative estimate of drug-likeness (QED) is 0.526. The number of aromatic nitrogens is 1. The zero-order valence-corrected chi connectivity index (χ0v) is 22.9. The number of hydrogen-bond donors (Lipinski definition) is 2. The Labute approximate surface area is 213 Å². The first kappa shape index (κ1) is 25.6. The van der Waals surface area contributed by atoms with Gasteiger partial charge in [0, 0.05) is 24.1 Å². The van der Waals surface area contributed by atoms with Crippen LogP contribution in [0.25, 0.3) is 0 Å². The first-order valence-corrected chi connectivity index (χ1v) is 14.5. The molecule has 0 bridgehead atoms. The SMILES string of the molecule is CC(c1cccn1OCCCN(C)C)C1CC[C@@]2(O)[C@@H]3CCC4CC(O)CC[C@]4(C)[C@@H]3CC[C@]12C. The van der Waals surface area contributed by atoms with Crippen molar-refractivity contribution in [1.29, 1.82) is 0 Å². The van der Waals surface area contributed by atoms with Crippen molar-refractivity contribution in [1.82, 2.24) is 9.63 Å². The standard InChI is InChI=1S/C30H50N2O3/c1-21(27-8-6-18-32(27)35-19-7-17-31(4)5)24-13-16-30(34)26-10-9-22-20-23(33)11-14-28(22,2)25(26)12-15-29(24,30)3/h6,8,18,21-26,33-34H,7,9-17,19-20H2,1-5H3/t21?,22?,23?,24?,25-,26-,28+,29-,30-/m1/s1. The fraction of sp³-hybridized carbons (Fsp3) is 0.867. The van der Waals surface area contributed by atoms with Crippen molar-refractivity contribution in [3.63, 3.8) is 0 Å². The molecule has 9 atom stereocenters. The van der Waals surface area contributed by atoms with E-state index in [2.05, 4.69) is 58.1 Å². The van der Waals surface area contributed by atoms with Crippen LogP contribution >= 0.6 is 0 Å². The van der Waals surface area contributed by atoms with Gasteiger partial charge in [0.1, 0.15) is 6.61 Å². The number of rotatable bonds is 7. The molecule has 1 aromatic rings. The van der Waals surface area contributed by atoms with E-state index < -0.39 is 5.60 Å². The Morgan fingerprint density at radius 1 is 1.09 bits per heavy atom. The van der Waals surface area contributed by atoms with E-state index in [9.17, 15) is 10.2 Å². The van der Waals surface area contributed by atoms with Gasteiger partial charge in [-0.15, -0.1) is 0 Å². The predicted octanol–water partition coefficient (Wildman–Crippen LogP) is 5.11. The molecule has 0 radical (unpaired) electrons.